The molecule has 0 aliphatic rings. The highest BCUT2D eigenvalue weighted by Gasteiger charge is 2.21. The van der Waals surface area contributed by atoms with Crippen molar-refractivity contribution in [3.63, 3.8) is 0 Å². The van der Waals surface area contributed by atoms with Gasteiger partial charge in [0, 0.05) is 0 Å². The standard InChI is InChI=1S/C19H29NO6/c1-15(20-18(22)26-19(2,3)4)17(21)25-13-12-23-10-11-24-14-16-8-6-5-7-9-16/h5-9,15H,10-14H2,1-4H3,(H,20,22)/t15-/m0/s1. The van der Waals surface area contributed by atoms with E-state index in [9.17, 15) is 9.59 Å². The molecule has 0 spiro atoms. The van der Waals surface area contributed by atoms with E-state index in [4.69, 9.17) is 18.9 Å². The second-order valence-corrected chi connectivity index (χ2v) is 6.69. The zero-order valence-corrected chi connectivity index (χ0v) is 15.9. The van der Waals surface area contributed by atoms with E-state index in [0.29, 0.717) is 19.8 Å². The third-order valence-electron chi connectivity index (χ3n) is 3.04. The maximum Gasteiger partial charge on any atom is 0.408 e. The highest BCUT2D eigenvalue weighted by molar-refractivity contribution is 5.80. The van der Waals surface area contributed by atoms with Gasteiger partial charge in [-0.3, -0.25) is 0 Å². The van der Waals surface area contributed by atoms with Crippen molar-refractivity contribution in [2.24, 2.45) is 0 Å². The second-order valence-electron chi connectivity index (χ2n) is 6.69. The Labute approximate surface area is 155 Å². The topological polar surface area (TPSA) is 83.1 Å². The van der Waals surface area contributed by atoms with Crippen LogP contribution < -0.4 is 5.32 Å². The zero-order chi connectivity index (χ0) is 19.4. The van der Waals surface area contributed by atoms with Crippen molar-refractivity contribution in [2.45, 2.75) is 45.9 Å². The molecule has 1 aromatic rings. The van der Waals surface area contributed by atoms with Gasteiger partial charge in [-0.2, -0.15) is 0 Å². The van der Waals surface area contributed by atoms with Crippen LogP contribution in [0.4, 0.5) is 4.79 Å². The molecule has 0 saturated carbocycles. The van der Waals surface area contributed by atoms with Crippen molar-refractivity contribution >= 4 is 12.1 Å². The Morgan fingerprint density at radius 3 is 2.27 bits per heavy atom. The van der Waals surface area contributed by atoms with Gasteiger partial charge in [-0.25, -0.2) is 9.59 Å². The molecule has 0 aliphatic carbocycles. The molecule has 7 heteroatoms. The minimum atomic E-state index is -0.793. The summed E-state index contributed by atoms with van der Waals surface area (Å²) in [5.74, 6) is -0.542. The molecule has 0 heterocycles. The first-order valence-corrected chi connectivity index (χ1v) is 8.63. The van der Waals surface area contributed by atoms with Gasteiger partial charge in [0.05, 0.1) is 26.4 Å². The number of rotatable bonds is 10. The molecule has 1 atom stereocenters. The molecular formula is C19H29NO6. The van der Waals surface area contributed by atoms with E-state index in [0.717, 1.165) is 5.56 Å². The van der Waals surface area contributed by atoms with Crippen LogP contribution in [0.15, 0.2) is 30.3 Å². The molecule has 1 amide bonds. The average Bonchev–Trinajstić information content (AvgIpc) is 2.56. The summed E-state index contributed by atoms with van der Waals surface area (Å²) in [7, 11) is 0. The molecule has 0 fully saturated rings. The summed E-state index contributed by atoms with van der Waals surface area (Å²) in [4.78, 5) is 23.3. The third-order valence-corrected chi connectivity index (χ3v) is 3.04. The Balaban J connectivity index is 2.02. The smallest absolute Gasteiger partial charge is 0.408 e. The lowest BCUT2D eigenvalue weighted by molar-refractivity contribution is -0.147. The molecule has 0 radical (unpaired) electrons. The van der Waals surface area contributed by atoms with Gasteiger partial charge in [0.2, 0.25) is 0 Å². The van der Waals surface area contributed by atoms with Gasteiger partial charge in [0.25, 0.3) is 0 Å². The lowest BCUT2D eigenvalue weighted by Gasteiger charge is -2.21. The monoisotopic (exact) mass is 367 g/mol. The van der Waals surface area contributed by atoms with Crippen LogP contribution in [0.3, 0.4) is 0 Å². The summed E-state index contributed by atoms with van der Waals surface area (Å²) in [5, 5.41) is 2.42. The van der Waals surface area contributed by atoms with Crippen LogP contribution in [0.2, 0.25) is 0 Å². The summed E-state index contributed by atoms with van der Waals surface area (Å²) in [6, 6.07) is 9.07. The normalized spacial score (nSPS) is 12.3. The van der Waals surface area contributed by atoms with Crippen LogP contribution in [0.1, 0.15) is 33.3 Å². The third kappa shape index (κ3) is 10.7. The number of amides is 1. The number of alkyl carbamates (subject to hydrolysis) is 1. The maximum absolute atomic E-state index is 11.8. The molecule has 1 N–H and O–H groups in total. The Hall–Kier alpha value is -2.12. The Morgan fingerprint density at radius 2 is 1.62 bits per heavy atom. The summed E-state index contributed by atoms with van der Waals surface area (Å²) in [6.45, 7) is 8.55. The van der Waals surface area contributed by atoms with E-state index in [1.165, 1.54) is 6.92 Å². The molecule has 26 heavy (non-hydrogen) atoms. The van der Waals surface area contributed by atoms with Crippen LogP contribution in [-0.2, 0) is 30.3 Å². The number of hydrogen-bond acceptors (Lipinski definition) is 6. The Kier molecular flexibility index (Phi) is 9.69. The minimum absolute atomic E-state index is 0.109. The molecule has 0 aliphatic heterocycles. The SMILES string of the molecule is C[C@H](NC(=O)OC(C)(C)C)C(=O)OCCOCCOCc1ccccc1. The van der Waals surface area contributed by atoms with E-state index >= 15 is 0 Å². The zero-order valence-electron chi connectivity index (χ0n) is 15.9. The number of nitrogens with one attached hydrogen (secondary N) is 1. The molecule has 7 nitrogen and oxygen atoms in total. The van der Waals surface area contributed by atoms with Crippen molar-refractivity contribution in [1.29, 1.82) is 0 Å². The second kappa shape index (κ2) is 11.5. The molecule has 1 rings (SSSR count). The Morgan fingerprint density at radius 1 is 1.00 bits per heavy atom. The first-order valence-electron chi connectivity index (χ1n) is 8.63. The molecule has 0 saturated heterocycles. The lowest BCUT2D eigenvalue weighted by atomic mass is 10.2. The lowest BCUT2D eigenvalue weighted by Crippen LogP contribution is -2.42. The average molecular weight is 367 g/mol. The molecular weight excluding hydrogens is 338 g/mol. The fraction of sp³-hybridized carbons (Fsp3) is 0.579. The predicted molar refractivity (Wildman–Crippen MR) is 96.7 cm³/mol. The van der Waals surface area contributed by atoms with Gasteiger partial charge in [-0.15, -0.1) is 0 Å². The van der Waals surface area contributed by atoms with E-state index in [1.54, 1.807) is 20.8 Å². The van der Waals surface area contributed by atoms with Gasteiger partial charge in [-0.1, -0.05) is 30.3 Å². The van der Waals surface area contributed by atoms with E-state index in [1.807, 2.05) is 30.3 Å². The van der Waals surface area contributed by atoms with Crippen molar-refractivity contribution in [3.05, 3.63) is 35.9 Å². The molecule has 146 valence electrons. The van der Waals surface area contributed by atoms with Crippen molar-refractivity contribution in [3.8, 4) is 0 Å². The fourth-order valence-corrected chi connectivity index (χ4v) is 1.85. The fourth-order valence-electron chi connectivity index (χ4n) is 1.85. The van der Waals surface area contributed by atoms with Crippen LogP contribution in [-0.4, -0.2) is 50.1 Å². The molecule has 0 unspecified atom stereocenters. The van der Waals surface area contributed by atoms with E-state index in [2.05, 4.69) is 5.32 Å². The van der Waals surface area contributed by atoms with Crippen LogP contribution in [0, 0.1) is 0 Å². The Bertz CT molecular complexity index is 541. The first kappa shape index (κ1) is 21.9. The van der Waals surface area contributed by atoms with Crippen LogP contribution >= 0.6 is 0 Å². The summed E-state index contributed by atoms with van der Waals surface area (Å²) in [6.07, 6.45) is -0.659. The predicted octanol–water partition coefficient (Wildman–Crippen LogP) is 2.68. The molecule has 0 aromatic heterocycles. The van der Waals surface area contributed by atoms with Crippen molar-refractivity contribution < 1.29 is 28.5 Å². The highest BCUT2D eigenvalue weighted by atomic mass is 16.6. The largest absolute Gasteiger partial charge is 0.462 e. The van der Waals surface area contributed by atoms with Crippen molar-refractivity contribution in [1.82, 2.24) is 5.32 Å². The van der Waals surface area contributed by atoms with Crippen LogP contribution in [0.5, 0.6) is 0 Å². The number of esters is 1. The van der Waals surface area contributed by atoms with E-state index < -0.39 is 23.7 Å². The van der Waals surface area contributed by atoms with Gasteiger partial charge in [0.15, 0.2) is 0 Å². The van der Waals surface area contributed by atoms with Crippen LogP contribution in [0.25, 0.3) is 0 Å². The number of ether oxygens (including phenoxy) is 4. The van der Waals surface area contributed by atoms with E-state index in [-0.39, 0.29) is 13.2 Å². The number of carbonyl (C=O) groups excluding carboxylic acids is 2. The van der Waals surface area contributed by atoms with Gasteiger partial charge in [0.1, 0.15) is 18.2 Å². The van der Waals surface area contributed by atoms with Crippen molar-refractivity contribution in [2.75, 3.05) is 26.4 Å². The van der Waals surface area contributed by atoms with Gasteiger partial charge in [-0.05, 0) is 33.3 Å². The number of carbonyl (C=O) groups is 2. The molecule has 0 bridgehead atoms. The number of hydrogen-bond donors (Lipinski definition) is 1. The first-order chi connectivity index (χ1) is 12.3. The summed E-state index contributed by atoms with van der Waals surface area (Å²) in [5.41, 5.74) is 0.484. The summed E-state index contributed by atoms with van der Waals surface area (Å²) >= 11 is 0. The minimum Gasteiger partial charge on any atom is -0.462 e. The van der Waals surface area contributed by atoms with Gasteiger partial charge >= 0.3 is 12.1 Å². The highest BCUT2D eigenvalue weighted by Crippen LogP contribution is 2.06. The maximum atomic E-state index is 11.8. The molecule has 1 aromatic carbocycles. The van der Waals surface area contributed by atoms with Gasteiger partial charge < -0.3 is 24.3 Å². The number of benzene rings is 1. The quantitative estimate of drug-likeness (QED) is 0.506. The summed E-state index contributed by atoms with van der Waals surface area (Å²) < 4.78 is 20.9.